The van der Waals surface area contributed by atoms with Crippen LogP contribution in [0.1, 0.15) is 162 Å². The van der Waals surface area contributed by atoms with Gasteiger partial charge in [-0.15, -0.1) is 0 Å². The molecule has 1 rings (SSSR count). The summed E-state index contributed by atoms with van der Waals surface area (Å²) >= 11 is 0. The van der Waals surface area contributed by atoms with E-state index in [1.54, 1.807) is 0 Å². The van der Waals surface area contributed by atoms with E-state index in [2.05, 4.69) is 50.3 Å². The molecule has 0 saturated carbocycles. The normalized spacial score (nSPS) is 21.1. The Morgan fingerprint density at radius 3 is 1.64 bits per heavy atom. The summed E-state index contributed by atoms with van der Waals surface area (Å²) in [6.07, 6.45) is 26.3. The number of hydrogen-bond acceptors (Lipinski definition) is 10. The first-order chi connectivity index (χ1) is 25.7. The van der Waals surface area contributed by atoms with Gasteiger partial charge in [-0.05, 0) is 64.2 Å². The third-order valence-corrected chi connectivity index (χ3v) is 9.21. The highest BCUT2D eigenvalue weighted by molar-refractivity contribution is 5.73. The molecule has 0 aliphatic carbocycles. The Morgan fingerprint density at radius 2 is 1.08 bits per heavy atom. The van der Waals surface area contributed by atoms with E-state index in [9.17, 15) is 34.8 Å². The Hall–Kier alpha value is -2.57. The Labute approximate surface area is 319 Å². The van der Waals surface area contributed by atoms with Gasteiger partial charge in [-0.3, -0.25) is 9.59 Å². The molecule has 11 heteroatoms. The van der Waals surface area contributed by atoms with Crippen LogP contribution in [0, 0.1) is 0 Å². The Bertz CT molecular complexity index is 1030. The topological polar surface area (TPSA) is 169 Å². The molecule has 0 aromatic heterocycles. The fraction of sp³-hybridized carbons (Fsp3) is 0.786. The van der Waals surface area contributed by atoms with Crippen LogP contribution >= 0.6 is 0 Å². The van der Waals surface area contributed by atoms with Gasteiger partial charge in [-0.25, -0.2) is 4.79 Å². The van der Waals surface area contributed by atoms with Crippen LogP contribution < -0.4 is 0 Å². The smallest absolute Gasteiger partial charge is 0.335 e. The number of ether oxygens (including phenoxy) is 4. The van der Waals surface area contributed by atoms with E-state index < -0.39 is 61.3 Å². The van der Waals surface area contributed by atoms with Gasteiger partial charge in [0.15, 0.2) is 18.5 Å². The van der Waals surface area contributed by atoms with Gasteiger partial charge in [0.2, 0.25) is 0 Å². The lowest BCUT2D eigenvalue weighted by Gasteiger charge is -2.38. The number of allylic oxidation sites excluding steroid dienone is 6. The van der Waals surface area contributed by atoms with Gasteiger partial charge in [0.1, 0.15) is 24.9 Å². The zero-order valence-corrected chi connectivity index (χ0v) is 32.8. The summed E-state index contributed by atoms with van der Waals surface area (Å²) < 4.78 is 21.6. The molecule has 1 fully saturated rings. The standard InChI is InChI=1S/C42H72O11/c1-3-5-7-9-11-13-15-16-17-18-19-21-22-24-26-28-30-35(43)50-32-34(33-51-42-39(47)37(45)38(46)40(53-42)41(48)49)52-36(44)31-29-27-25-23-20-14-12-10-8-6-4-2/h10,12-13,15,17-18,34,37-40,42,45-47H,3-9,11,14,16,19-33H2,1-2H3,(H,48,49)/b12-10-,15-13-,18-17-. The molecule has 0 amide bonds. The number of aliphatic hydroxyl groups excluding tert-OH is 3. The Kier molecular flexibility index (Phi) is 30.0. The predicted octanol–water partition coefficient (Wildman–Crippen LogP) is 8.03. The van der Waals surface area contributed by atoms with E-state index in [-0.39, 0.29) is 19.4 Å². The first-order valence-electron chi connectivity index (χ1n) is 20.5. The molecule has 1 aliphatic heterocycles. The Balaban J connectivity index is 2.42. The molecule has 306 valence electrons. The zero-order chi connectivity index (χ0) is 38.9. The average molecular weight is 753 g/mol. The summed E-state index contributed by atoms with van der Waals surface area (Å²) in [5, 5.41) is 39.7. The minimum Gasteiger partial charge on any atom is -0.479 e. The van der Waals surface area contributed by atoms with Gasteiger partial charge in [0.05, 0.1) is 6.61 Å². The summed E-state index contributed by atoms with van der Waals surface area (Å²) in [6, 6.07) is 0. The third kappa shape index (κ3) is 25.2. The number of aliphatic hydroxyl groups is 3. The molecule has 53 heavy (non-hydrogen) atoms. The lowest BCUT2D eigenvalue weighted by Crippen LogP contribution is -2.60. The van der Waals surface area contributed by atoms with Crippen LogP contribution in [0.5, 0.6) is 0 Å². The first-order valence-corrected chi connectivity index (χ1v) is 20.5. The number of aliphatic carboxylic acids is 1. The van der Waals surface area contributed by atoms with Crippen molar-refractivity contribution in [3.63, 3.8) is 0 Å². The van der Waals surface area contributed by atoms with Crippen molar-refractivity contribution < 1.29 is 53.8 Å². The van der Waals surface area contributed by atoms with Gasteiger partial charge in [-0.2, -0.15) is 0 Å². The molecule has 0 radical (unpaired) electrons. The van der Waals surface area contributed by atoms with E-state index in [0.717, 1.165) is 83.5 Å². The van der Waals surface area contributed by atoms with Crippen molar-refractivity contribution >= 4 is 17.9 Å². The molecule has 4 N–H and O–H groups in total. The molecular weight excluding hydrogens is 680 g/mol. The van der Waals surface area contributed by atoms with E-state index in [1.807, 2.05) is 0 Å². The van der Waals surface area contributed by atoms with E-state index in [0.29, 0.717) is 12.8 Å². The van der Waals surface area contributed by atoms with Crippen LogP contribution in [0.15, 0.2) is 36.5 Å². The molecule has 6 atom stereocenters. The molecule has 11 nitrogen and oxygen atoms in total. The fourth-order valence-electron chi connectivity index (χ4n) is 5.89. The number of hydrogen-bond donors (Lipinski definition) is 4. The zero-order valence-electron chi connectivity index (χ0n) is 32.8. The minimum absolute atomic E-state index is 0.169. The number of unbranched alkanes of at least 4 members (excludes halogenated alkanes) is 16. The second-order valence-electron chi connectivity index (χ2n) is 14.1. The van der Waals surface area contributed by atoms with Gasteiger partial charge >= 0.3 is 17.9 Å². The Morgan fingerprint density at radius 1 is 0.585 bits per heavy atom. The number of esters is 2. The minimum atomic E-state index is -1.86. The van der Waals surface area contributed by atoms with Gasteiger partial charge < -0.3 is 39.4 Å². The number of rotatable bonds is 33. The number of carbonyl (C=O) groups excluding carboxylic acids is 2. The maximum absolute atomic E-state index is 12.7. The second kappa shape index (κ2) is 32.8. The van der Waals surface area contributed by atoms with Gasteiger partial charge in [0, 0.05) is 12.8 Å². The molecule has 0 aromatic rings. The summed E-state index contributed by atoms with van der Waals surface area (Å²) in [6.45, 7) is 3.71. The molecule has 6 unspecified atom stereocenters. The van der Waals surface area contributed by atoms with E-state index >= 15 is 0 Å². The van der Waals surface area contributed by atoms with Crippen molar-refractivity contribution in [1.29, 1.82) is 0 Å². The largest absolute Gasteiger partial charge is 0.479 e. The summed E-state index contributed by atoms with van der Waals surface area (Å²) in [7, 11) is 0. The molecular formula is C42H72O11. The summed E-state index contributed by atoms with van der Waals surface area (Å²) in [5.41, 5.74) is 0. The molecule has 0 aromatic carbocycles. The van der Waals surface area contributed by atoms with E-state index in [1.165, 1.54) is 38.5 Å². The fourth-order valence-corrected chi connectivity index (χ4v) is 5.89. The monoisotopic (exact) mass is 753 g/mol. The van der Waals surface area contributed by atoms with Gasteiger partial charge in [-0.1, -0.05) is 121 Å². The van der Waals surface area contributed by atoms with Gasteiger partial charge in [0.25, 0.3) is 0 Å². The van der Waals surface area contributed by atoms with Crippen molar-refractivity contribution in [3.05, 3.63) is 36.5 Å². The predicted molar refractivity (Wildman–Crippen MR) is 206 cm³/mol. The van der Waals surface area contributed by atoms with Crippen molar-refractivity contribution in [1.82, 2.24) is 0 Å². The first kappa shape index (κ1) is 48.4. The highest BCUT2D eigenvalue weighted by Gasteiger charge is 2.47. The molecule has 1 saturated heterocycles. The number of carboxylic acids is 1. The number of carbonyl (C=O) groups is 3. The van der Waals surface area contributed by atoms with E-state index in [4.69, 9.17) is 18.9 Å². The highest BCUT2D eigenvalue weighted by atomic mass is 16.7. The van der Waals surface area contributed by atoms with Crippen molar-refractivity contribution in [2.45, 2.75) is 198 Å². The van der Waals surface area contributed by atoms with Crippen molar-refractivity contribution in [2.75, 3.05) is 13.2 Å². The summed E-state index contributed by atoms with van der Waals surface area (Å²) in [4.78, 5) is 36.6. The highest BCUT2D eigenvalue weighted by Crippen LogP contribution is 2.23. The lowest BCUT2D eigenvalue weighted by atomic mass is 9.99. The second-order valence-corrected chi connectivity index (χ2v) is 14.1. The molecule has 0 spiro atoms. The van der Waals surface area contributed by atoms with Crippen LogP contribution in [-0.2, 0) is 33.3 Å². The molecule has 1 heterocycles. The van der Waals surface area contributed by atoms with Crippen LogP contribution in [0.2, 0.25) is 0 Å². The quantitative estimate of drug-likeness (QED) is 0.0291. The van der Waals surface area contributed by atoms with Crippen molar-refractivity contribution in [3.8, 4) is 0 Å². The van der Waals surface area contributed by atoms with Crippen LogP contribution in [0.3, 0.4) is 0 Å². The third-order valence-electron chi connectivity index (χ3n) is 9.21. The summed E-state index contributed by atoms with van der Waals surface area (Å²) in [5.74, 6) is -2.48. The van der Waals surface area contributed by atoms with Crippen molar-refractivity contribution in [2.24, 2.45) is 0 Å². The van der Waals surface area contributed by atoms with Crippen LogP contribution in [0.25, 0.3) is 0 Å². The van der Waals surface area contributed by atoms with Crippen LogP contribution in [0.4, 0.5) is 0 Å². The maximum Gasteiger partial charge on any atom is 0.335 e. The average Bonchev–Trinajstić information content (AvgIpc) is 3.14. The number of carboxylic acid groups (broad SMARTS) is 1. The lowest BCUT2D eigenvalue weighted by molar-refractivity contribution is -0.298. The van der Waals surface area contributed by atoms with Crippen LogP contribution in [-0.4, -0.2) is 88.4 Å². The SMILES string of the molecule is CCCC/C=C\CCCCCCCC(=O)OC(COC(=O)CCCCCCC/C=C\C/C=C\CCCCCC)COC1OC(C(=O)O)C(O)C(O)C1O. The molecule has 1 aliphatic rings. The molecule has 0 bridgehead atoms. The maximum atomic E-state index is 12.7.